The summed E-state index contributed by atoms with van der Waals surface area (Å²) in [7, 11) is 0. The Bertz CT molecular complexity index is 595. The highest BCUT2D eigenvalue weighted by Gasteiger charge is 2.04. The Morgan fingerprint density at radius 2 is 2.06 bits per heavy atom. The fourth-order valence-electron chi connectivity index (χ4n) is 1.23. The molecule has 2 rings (SSSR count). The van der Waals surface area contributed by atoms with Gasteiger partial charge in [0.05, 0.1) is 11.8 Å². The number of rotatable bonds is 2. The summed E-state index contributed by atoms with van der Waals surface area (Å²) in [6.07, 6.45) is 3.13. The predicted molar refractivity (Wildman–Crippen MR) is 63.1 cm³/mol. The lowest BCUT2D eigenvalue weighted by Gasteiger charge is -2.05. The van der Waals surface area contributed by atoms with Gasteiger partial charge < -0.3 is 4.74 Å². The van der Waals surface area contributed by atoms with Crippen LogP contribution in [0.5, 0.6) is 11.5 Å². The Kier molecular flexibility index (Phi) is 3.35. The summed E-state index contributed by atoms with van der Waals surface area (Å²) in [5.41, 5.74) is -0.00952. The van der Waals surface area contributed by atoms with E-state index in [0.29, 0.717) is 11.5 Å². The highest BCUT2D eigenvalue weighted by Crippen LogP contribution is 2.24. The highest BCUT2D eigenvalue weighted by molar-refractivity contribution is 9.10. The summed E-state index contributed by atoms with van der Waals surface area (Å²) < 4.78 is 19.5. The second-order valence-electron chi connectivity index (χ2n) is 3.19. The first-order chi connectivity index (χ1) is 8.19. The lowest BCUT2D eigenvalue weighted by molar-refractivity contribution is 0.474. The number of aromatic nitrogens is 1. The average Bonchev–Trinajstić information content (AvgIpc) is 2.29. The third-order valence-corrected chi connectivity index (χ3v) is 2.41. The first-order valence-corrected chi connectivity index (χ1v) is 5.46. The first-order valence-electron chi connectivity index (χ1n) is 4.67. The van der Waals surface area contributed by atoms with Gasteiger partial charge in [-0.3, -0.25) is 4.98 Å². The lowest BCUT2D eigenvalue weighted by Crippen LogP contribution is -1.88. The Balaban J connectivity index is 2.25. The predicted octanol–water partition coefficient (Wildman–Crippen LogP) is 3.65. The van der Waals surface area contributed by atoms with Gasteiger partial charge in [-0.1, -0.05) is 0 Å². The van der Waals surface area contributed by atoms with Gasteiger partial charge in [0.25, 0.3) is 0 Å². The maximum Gasteiger partial charge on any atom is 0.146 e. The van der Waals surface area contributed by atoms with Crippen molar-refractivity contribution in [2.24, 2.45) is 0 Å². The molecule has 0 bridgehead atoms. The summed E-state index contributed by atoms with van der Waals surface area (Å²) >= 11 is 3.25. The molecule has 0 radical (unpaired) electrons. The minimum Gasteiger partial charge on any atom is -0.456 e. The Hall–Kier alpha value is -1.93. The third-order valence-electron chi connectivity index (χ3n) is 1.98. The molecule has 84 valence electrons. The molecular weight excluding hydrogens is 287 g/mol. The molecule has 1 aromatic heterocycles. The Morgan fingerprint density at radius 1 is 1.24 bits per heavy atom. The van der Waals surface area contributed by atoms with Gasteiger partial charge in [-0.15, -0.1) is 0 Å². The molecule has 2 aromatic rings. The number of hydrogen-bond donors (Lipinski definition) is 0. The third kappa shape index (κ3) is 2.80. The largest absolute Gasteiger partial charge is 0.456 e. The van der Waals surface area contributed by atoms with Gasteiger partial charge in [0.2, 0.25) is 0 Å². The summed E-state index contributed by atoms with van der Waals surface area (Å²) in [6, 6.07) is 7.52. The molecule has 0 atom stereocenters. The van der Waals surface area contributed by atoms with Crippen LogP contribution in [0, 0.1) is 17.1 Å². The molecule has 0 aliphatic carbocycles. The SMILES string of the molecule is N#Cc1ccc(Oc2cncc(Br)c2)cc1F. The van der Waals surface area contributed by atoms with Crippen molar-refractivity contribution in [1.29, 1.82) is 5.26 Å². The van der Waals surface area contributed by atoms with Crippen molar-refractivity contribution in [3.63, 3.8) is 0 Å². The number of halogens is 2. The van der Waals surface area contributed by atoms with E-state index in [9.17, 15) is 4.39 Å². The molecular formula is C12H6BrFN2O. The first kappa shape index (κ1) is 11.6. The van der Waals surface area contributed by atoms with Crippen molar-refractivity contribution in [3.05, 3.63) is 52.5 Å². The van der Waals surface area contributed by atoms with Gasteiger partial charge >= 0.3 is 0 Å². The lowest BCUT2D eigenvalue weighted by atomic mass is 10.2. The smallest absolute Gasteiger partial charge is 0.146 e. The molecule has 0 saturated heterocycles. The molecule has 0 saturated carbocycles. The average molecular weight is 293 g/mol. The fraction of sp³-hybridized carbons (Fsp3) is 0. The van der Waals surface area contributed by atoms with E-state index in [-0.39, 0.29) is 5.56 Å². The monoisotopic (exact) mass is 292 g/mol. The molecule has 3 nitrogen and oxygen atoms in total. The van der Waals surface area contributed by atoms with Crippen molar-refractivity contribution in [3.8, 4) is 17.6 Å². The van der Waals surface area contributed by atoms with E-state index in [1.165, 1.54) is 24.4 Å². The van der Waals surface area contributed by atoms with E-state index in [4.69, 9.17) is 10.00 Å². The van der Waals surface area contributed by atoms with E-state index >= 15 is 0 Å². The van der Waals surface area contributed by atoms with Crippen LogP contribution in [0.25, 0.3) is 0 Å². The van der Waals surface area contributed by atoms with Crippen molar-refractivity contribution < 1.29 is 9.13 Å². The van der Waals surface area contributed by atoms with Gasteiger partial charge in [-0.05, 0) is 34.1 Å². The Labute approximate surface area is 106 Å². The zero-order valence-corrected chi connectivity index (χ0v) is 10.1. The van der Waals surface area contributed by atoms with Gasteiger partial charge in [0.1, 0.15) is 23.4 Å². The minimum atomic E-state index is -0.604. The fourth-order valence-corrected chi connectivity index (χ4v) is 1.58. The van der Waals surface area contributed by atoms with Crippen LogP contribution in [-0.2, 0) is 0 Å². The van der Waals surface area contributed by atoms with Crippen molar-refractivity contribution in [2.75, 3.05) is 0 Å². The van der Waals surface area contributed by atoms with Crippen LogP contribution in [0.15, 0.2) is 41.1 Å². The molecule has 17 heavy (non-hydrogen) atoms. The zero-order valence-electron chi connectivity index (χ0n) is 8.52. The normalized spacial score (nSPS) is 9.71. The van der Waals surface area contributed by atoms with E-state index in [0.717, 1.165) is 4.47 Å². The van der Waals surface area contributed by atoms with Crippen LogP contribution < -0.4 is 4.74 Å². The van der Waals surface area contributed by atoms with Gasteiger partial charge in [0.15, 0.2) is 0 Å². The molecule has 1 aromatic carbocycles. The van der Waals surface area contributed by atoms with Crippen LogP contribution in [0.1, 0.15) is 5.56 Å². The minimum absolute atomic E-state index is 0.00952. The summed E-state index contributed by atoms with van der Waals surface area (Å²) in [6.45, 7) is 0. The number of benzene rings is 1. The molecule has 1 heterocycles. The molecule has 0 unspecified atom stereocenters. The molecule has 5 heteroatoms. The van der Waals surface area contributed by atoms with Gasteiger partial charge in [-0.2, -0.15) is 5.26 Å². The summed E-state index contributed by atoms with van der Waals surface area (Å²) in [5.74, 6) is 0.206. The topological polar surface area (TPSA) is 45.9 Å². The molecule has 0 spiro atoms. The van der Waals surface area contributed by atoms with Crippen LogP contribution in [0.4, 0.5) is 4.39 Å². The number of nitrogens with zero attached hydrogens (tertiary/aromatic N) is 2. The van der Waals surface area contributed by atoms with E-state index < -0.39 is 5.82 Å². The zero-order chi connectivity index (χ0) is 12.3. The quantitative estimate of drug-likeness (QED) is 0.849. The standard InChI is InChI=1S/C12H6BrFN2O/c13-9-3-11(7-16-6-9)17-10-2-1-8(5-15)12(14)4-10/h1-4,6-7H. The van der Waals surface area contributed by atoms with Crippen LogP contribution in [0.3, 0.4) is 0 Å². The van der Waals surface area contributed by atoms with E-state index in [1.807, 2.05) is 0 Å². The highest BCUT2D eigenvalue weighted by atomic mass is 79.9. The molecule has 0 fully saturated rings. The summed E-state index contributed by atoms with van der Waals surface area (Å²) in [4.78, 5) is 3.92. The van der Waals surface area contributed by atoms with E-state index in [2.05, 4.69) is 20.9 Å². The van der Waals surface area contributed by atoms with Crippen molar-refractivity contribution in [1.82, 2.24) is 4.98 Å². The van der Waals surface area contributed by atoms with Gasteiger partial charge in [-0.25, -0.2) is 4.39 Å². The molecule has 0 aliphatic heterocycles. The van der Waals surface area contributed by atoms with Crippen molar-refractivity contribution >= 4 is 15.9 Å². The second kappa shape index (κ2) is 4.93. The van der Waals surface area contributed by atoms with Gasteiger partial charge in [0, 0.05) is 16.7 Å². The van der Waals surface area contributed by atoms with Crippen LogP contribution >= 0.6 is 15.9 Å². The second-order valence-corrected chi connectivity index (χ2v) is 4.11. The maximum atomic E-state index is 13.3. The molecule has 0 N–H and O–H groups in total. The Morgan fingerprint density at radius 3 is 2.71 bits per heavy atom. The molecule has 0 aliphatic rings. The maximum absolute atomic E-state index is 13.3. The van der Waals surface area contributed by atoms with Crippen molar-refractivity contribution in [2.45, 2.75) is 0 Å². The van der Waals surface area contributed by atoms with Crippen LogP contribution in [-0.4, -0.2) is 4.98 Å². The molecule has 0 amide bonds. The number of ether oxygens (including phenoxy) is 1. The van der Waals surface area contributed by atoms with E-state index in [1.54, 1.807) is 18.3 Å². The van der Waals surface area contributed by atoms with Crippen LogP contribution in [0.2, 0.25) is 0 Å². The summed E-state index contributed by atoms with van der Waals surface area (Å²) in [5, 5.41) is 8.59. The number of pyridine rings is 1. The number of nitriles is 1. The number of hydrogen-bond acceptors (Lipinski definition) is 3.